The van der Waals surface area contributed by atoms with Crippen LogP contribution in [-0.2, 0) is 13.1 Å². The summed E-state index contributed by atoms with van der Waals surface area (Å²) in [6, 6.07) is 18.0. The Hall–Kier alpha value is -3.59. The maximum Gasteiger partial charge on any atom is 0.267 e. The molecule has 1 aromatic heterocycles. The standard InChI is InChI=1S/C20H17N3O3/c21-11-6-12-23-16-10-5-4-9-15(16)18(24)17(20(23)26)19(25)22-13-14-7-2-1-3-8-14/h1-5,7-10,24H,6,12-13H2,(H,22,25). The van der Waals surface area contributed by atoms with Crippen LogP contribution in [0, 0.1) is 11.3 Å². The van der Waals surface area contributed by atoms with Gasteiger partial charge >= 0.3 is 0 Å². The third-order valence-corrected chi connectivity index (χ3v) is 4.12. The Labute approximate surface area is 149 Å². The summed E-state index contributed by atoms with van der Waals surface area (Å²) >= 11 is 0. The van der Waals surface area contributed by atoms with E-state index in [0.717, 1.165) is 5.56 Å². The highest BCUT2D eigenvalue weighted by molar-refractivity contribution is 6.02. The average Bonchev–Trinajstić information content (AvgIpc) is 2.67. The topological polar surface area (TPSA) is 95.1 Å². The molecule has 1 heterocycles. The lowest BCUT2D eigenvalue weighted by atomic mass is 10.1. The summed E-state index contributed by atoms with van der Waals surface area (Å²) in [5.41, 5.74) is 0.454. The maximum atomic E-state index is 12.8. The van der Waals surface area contributed by atoms with Crippen LogP contribution in [0.1, 0.15) is 22.3 Å². The minimum atomic E-state index is -0.646. The van der Waals surface area contributed by atoms with Crippen LogP contribution in [0.4, 0.5) is 0 Å². The molecule has 0 radical (unpaired) electrons. The van der Waals surface area contributed by atoms with Gasteiger partial charge in [-0.25, -0.2) is 0 Å². The predicted molar refractivity (Wildman–Crippen MR) is 97.7 cm³/mol. The van der Waals surface area contributed by atoms with Gasteiger partial charge < -0.3 is 15.0 Å². The lowest BCUT2D eigenvalue weighted by molar-refractivity contribution is 0.0946. The number of hydrogen-bond donors (Lipinski definition) is 2. The summed E-state index contributed by atoms with van der Waals surface area (Å²) in [4.78, 5) is 25.4. The third-order valence-electron chi connectivity index (χ3n) is 4.12. The third kappa shape index (κ3) is 3.28. The minimum Gasteiger partial charge on any atom is -0.506 e. The summed E-state index contributed by atoms with van der Waals surface area (Å²) in [6.45, 7) is 0.388. The Kier molecular flexibility index (Phi) is 4.99. The Balaban J connectivity index is 2.03. The molecule has 6 nitrogen and oxygen atoms in total. The van der Waals surface area contributed by atoms with Crippen LogP contribution >= 0.6 is 0 Å². The zero-order chi connectivity index (χ0) is 18.5. The zero-order valence-electron chi connectivity index (χ0n) is 14.0. The molecule has 0 bridgehead atoms. The zero-order valence-corrected chi connectivity index (χ0v) is 14.0. The van der Waals surface area contributed by atoms with Crippen molar-refractivity contribution in [3.63, 3.8) is 0 Å². The largest absolute Gasteiger partial charge is 0.506 e. The number of aryl methyl sites for hydroxylation is 1. The number of carbonyl (C=O) groups is 1. The summed E-state index contributed by atoms with van der Waals surface area (Å²) in [6.07, 6.45) is 0.125. The van der Waals surface area contributed by atoms with Crippen molar-refractivity contribution in [1.82, 2.24) is 9.88 Å². The molecule has 0 fully saturated rings. The molecule has 0 aliphatic heterocycles. The second-order valence-corrected chi connectivity index (χ2v) is 5.77. The number of carbonyl (C=O) groups excluding carboxylic acids is 1. The smallest absolute Gasteiger partial charge is 0.267 e. The summed E-state index contributed by atoms with van der Waals surface area (Å²) in [5, 5.41) is 22.4. The number of nitrogens with one attached hydrogen (secondary N) is 1. The second-order valence-electron chi connectivity index (χ2n) is 5.77. The van der Waals surface area contributed by atoms with E-state index in [0.29, 0.717) is 10.9 Å². The van der Waals surface area contributed by atoms with Crippen LogP contribution in [0.5, 0.6) is 5.75 Å². The van der Waals surface area contributed by atoms with Crippen LogP contribution in [0.25, 0.3) is 10.9 Å². The van der Waals surface area contributed by atoms with Crippen molar-refractivity contribution in [2.75, 3.05) is 0 Å². The molecule has 2 N–H and O–H groups in total. The highest BCUT2D eigenvalue weighted by Crippen LogP contribution is 2.26. The molecule has 26 heavy (non-hydrogen) atoms. The van der Waals surface area contributed by atoms with Gasteiger partial charge in [-0.1, -0.05) is 42.5 Å². The number of para-hydroxylation sites is 1. The minimum absolute atomic E-state index is 0.125. The van der Waals surface area contributed by atoms with E-state index in [4.69, 9.17) is 5.26 Å². The Morgan fingerprint density at radius 2 is 1.81 bits per heavy atom. The van der Waals surface area contributed by atoms with Crippen LogP contribution in [0.3, 0.4) is 0 Å². The van der Waals surface area contributed by atoms with E-state index in [1.165, 1.54) is 4.57 Å². The van der Waals surface area contributed by atoms with Gasteiger partial charge in [0.25, 0.3) is 11.5 Å². The molecule has 3 aromatic rings. The number of hydrogen-bond acceptors (Lipinski definition) is 4. The normalized spacial score (nSPS) is 10.4. The molecular weight excluding hydrogens is 330 g/mol. The number of aromatic nitrogens is 1. The van der Waals surface area contributed by atoms with Crippen molar-refractivity contribution in [3.8, 4) is 11.8 Å². The number of fused-ring (bicyclic) bond motifs is 1. The maximum absolute atomic E-state index is 12.8. The van der Waals surface area contributed by atoms with Crippen molar-refractivity contribution >= 4 is 16.8 Å². The number of rotatable bonds is 5. The molecule has 0 unspecified atom stereocenters. The van der Waals surface area contributed by atoms with Crippen LogP contribution in [0.2, 0.25) is 0 Å². The Bertz CT molecular complexity index is 1050. The summed E-state index contributed by atoms with van der Waals surface area (Å²) in [5.74, 6) is -0.989. The lowest BCUT2D eigenvalue weighted by Gasteiger charge is -2.14. The van der Waals surface area contributed by atoms with E-state index in [1.54, 1.807) is 24.3 Å². The molecule has 3 rings (SSSR count). The summed E-state index contributed by atoms with van der Waals surface area (Å²) in [7, 11) is 0. The highest BCUT2D eigenvalue weighted by atomic mass is 16.3. The Morgan fingerprint density at radius 3 is 2.54 bits per heavy atom. The van der Waals surface area contributed by atoms with Crippen molar-refractivity contribution in [3.05, 3.63) is 76.1 Å². The SMILES string of the molecule is N#CCCn1c(=O)c(C(=O)NCc2ccccc2)c(O)c2ccccc21. The van der Waals surface area contributed by atoms with E-state index in [1.807, 2.05) is 36.4 Å². The number of amides is 1. The average molecular weight is 347 g/mol. The number of benzene rings is 2. The van der Waals surface area contributed by atoms with Crippen molar-refractivity contribution < 1.29 is 9.90 Å². The molecule has 1 amide bonds. The fourth-order valence-electron chi connectivity index (χ4n) is 2.84. The quantitative estimate of drug-likeness (QED) is 0.741. The number of nitriles is 1. The van der Waals surface area contributed by atoms with Crippen LogP contribution in [-0.4, -0.2) is 15.6 Å². The van der Waals surface area contributed by atoms with Gasteiger partial charge in [0.15, 0.2) is 0 Å². The first kappa shape index (κ1) is 17.2. The number of aromatic hydroxyl groups is 1. The highest BCUT2D eigenvalue weighted by Gasteiger charge is 2.21. The van der Waals surface area contributed by atoms with Crippen molar-refractivity contribution in [2.45, 2.75) is 19.5 Å². The number of nitrogens with zero attached hydrogens (tertiary/aromatic N) is 2. The van der Waals surface area contributed by atoms with E-state index in [9.17, 15) is 14.7 Å². The second kappa shape index (κ2) is 7.53. The predicted octanol–water partition coefficient (Wildman–Crippen LogP) is 2.55. The molecule has 0 spiro atoms. The van der Waals surface area contributed by atoms with Crippen LogP contribution in [0.15, 0.2) is 59.4 Å². The van der Waals surface area contributed by atoms with Crippen LogP contribution < -0.4 is 10.9 Å². The molecule has 6 heteroatoms. The number of pyridine rings is 1. The van der Waals surface area contributed by atoms with Gasteiger partial charge in [-0.2, -0.15) is 5.26 Å². The molecule has 2 aromatic carbocycles. The van der Waals surface area contributed by atoms with E-state index in [-0.39, 0.29) is 30.8 Å². The molecule has 130 valence electrons. The monoisotopic (exact) mass is 347 g/mol. The van der Waals surface area contributed by atoms with Gasteiger partial charge in [-0.05, 0) is 17.7 Å². The first-order valence-electron chi connectivity index (χ1n) is 8.17. The van der Waals surface area contributed by atoms with E-state index in [2.05, 4.69) is 5.32 Å². The molecule has 0 atom stereocenters. The Morgan fingerprint density at radius 1 is 1.12 bits per heavy atom. The van der Waals surface area contributed by atoms with Gasteiger partial charge in [0, 0.05) is 18.5 Å². The van der Waals surface area contributed by atoms with Gasteiger partial charge in [-0.15, -0.1) is 0 Å². The molecule has 0 aliphatic rings. The first-order valence-corrected chi connectivity index (χ1v) is 8.17. The van der Waals surface area contributed by atoms with Gasteiger partial charge in [0.1, 0.15) is 11.3 Å². The van der Waals surface area contributed by atoms with Gasteiger partial charge in [0.2, 0.25) is 0 Å². The molecule has 0 saturated heterocycles. The molecular formula is C20H17N3O3. The van der Waals surface area contributed by atoms with Gasteiger partial charge in [-0.3, -0.25) is 9.59 Å². The fourth-order valence-corrected chi connectivity index (χ4v) is 2.84. The molecule has 0 aliphatic carbocycles. The first-order chi connectivity index (χ1) is 12.6. The lowest BCUT2D eigenvalue weighted by Crippen LogP contribution is -2.33. The fraction of sp³-hybridized carbons (Fsp3) is 0.150. The van der Waals surface area contributed by atoms with Crippen molar-refractivity contribution in [1.29, 1.82) is 5.26 Å². The van der Waals surface area contributed by atoms with E-state index < -0.39 is 11.5 Å². The molecule has 0 saturated carbocycles. The van der Waals surface area contributed by atoms with Gasteiger partial charge in [0.05, 0.1) is 18.0 Å². The summed E-state index contributed by atoms with van der Waals surface area (Å²) < 4.78 is 1.36. The van der Waals surface area contributed by atoms with E-state index >= 15 is 0 Å². The van der Waals surface area contributed by atoms with Crippen molar-refractivity contribution in [2.24, 2.45) is 0 Å².